The third-order valence-electron chi connectivity index (χ3n) is 5.62. The molecule has 9 heteroatoms. The van der Waals surface area contributed by atoms with Crippen LogP contribution in [0.4, 0.5) is 11.9 Å². The lowest BCUT2D eigenvalue weighted by atomic mass is 9.77. The molecule has 0 radical (unpaired) electrons. The first-order valence-corrected chi connectivity index (χ1v) is 9.07. The number of likely N-dealkylation sites (tertiary alicyclic amines) is 1. The second kappa shape index (κ2) is 7.43. The van der Waals surface area contributed by atoms with Crippen LogP contribution in [0.5, 0.6) is 0 Å². The number of hydrogen-bond acceptors (Lipinski definition) is 8. The largest absolute Gasteiger partial charge is 0.457 e. The van der Waals surface area contributed by atoms with Gasteiger partial charge in [0.1, 0.15) is 0 Å². The first-order valence-electron chi connectivity index (χ1n) is 9.07. The van der Waals surface area contributed by atoms with Crippen molar-refractivity contribution in [2.75, 3.05) is 18.0 Å². The zero-order valence-electron chi connectivity index (χ0n) is 15.2. The van der Waals surface area contributed by atoms with Crippen molar-refractivity contribution in [2.45, 2.75) is 52.2 Å². The minimum atomic E-state index is -0.455. The lowest BCUT2D eigenvalue weighted by Gasteiger charge is -2.39. The van der Waals surface area contributed by atoms with Crippen LogP contribution < -0.4 is 11.5 Å². The van der Waals surface area contributed by atoms with Gasteiger partial charge in [0.15, 0.2) is 12.4 Å². The van der Waals surface area contributed by atoms with Crippen molar-refractivity contribution < 1.29 is 14.3 Å². The number of anilines is 2. The van der Waals surface area contributed by atoms with Crippen molar-refractivity contribution in [3.8, 4) is 0 Å². The number of carbonyl (C=O) groups excluding carboxylic acids is 2. The molecule has 4 atom stereocenters. The van der Waals surface area contributed by atoms with Crippen LogP contribution in [-0.4, -0.2) is 44.3 Å². The Bertz CT molecular complexity index is 677. The van der Waals surface area contributed by atoms with Gasteiger partial charge in [-0.25, -0.2) is 0 Å². The van der Waals surface area contributed by atoms with E-state index >= 15 is 0 Å². The zero-order valence-corrected chi connectivity index (χ0v) is 15.2. The minimum Gasteiger partial charge on any atom is -0.457 e. The molecule has 0 aromatic carbocycles. The van der Waals surface area contributed by atoms with Crippen molar-refractivity contribution in [1.29, 1.82) is 0 Å². The van der Waals surface area contributed by atoms with Crippen molar-refractivity contribution in [1.82, 2.24) is 19.9 Å². The first kappa shape index (κ1) is 18.3. The summed E-state index contributed by atoms with van der Waals surface area (Å²) in [5.41, 5.74) is 11.0. The number of hydrogen-bond donors (Lipinski definition) is 2. The Morgan fingerprint density at radius 1 is 1.19 bits per heavy atom. The third-order valence-corrected chi connectivity index (χ3v) is 5.62. The lowest BCUT2D eigenvalue weighted by Crippen LogP contribution is -2.45. The van der Waals surface area contributed by atoms with Gasteiger partial charge in [0.2, 0.25) is 17.8 Å². The fourth-order valence-corrected chi connectivity index (χ4v) is 3.98. The first-order chi connectivity index (χ1) is 12.3. The molecule has 0 unspecified atom stereocenters. The van der Waals surface area contributed by atoms with E-state index in [9.17, 15) is 9.59 Å². The van der Waals surface area contributed by atoms with Crippen LogP contribution in [0.25, 0.3) is 0 Å². The maximum atomic E-state index is 12.5. The second-order valence-corrected chi connectivity index (χ2v) is 7.36. The van der Waals surface area contributed by atoms with E-state index in [0.717, 1.165) is 12.8 Å². The summed E-state index contributed by atoms with van der Waals surface area (Å²) in [4.78, 5) is 38.1. The fourth-order valence-electron chi connectivity index (χ4n) is 3.98. The zero-order chi connectivity index (χ0) is 18.8. The van der Waals surface area contributed by atoms with Crippen molar-refractivity contribution >= 4 is 23.8 Å². The van der Waals surface area contributed by atoms with Gasteiger partial charge in [-0.1, -0.05) is 26.7 Å². The number of nitrogens with zero attached hydrogens (tertiary/aromatic N) is 4. The Kier molecular flexibility index (Phi) is 5.24. The van der Waals surface area contributed by atoms with E-state index in [1.54, 1.807) is 0 Å². The number of carbonyl (C=O) groups is 2. The summed E-state index contributed by atoms with van der Waals surface area (Å²) in [5, 5.41) is 0. The quantitative estimate of drug-likeness (QED) is 0.749. The van der Waals surface area contributed by atoms with Gasteiger partial charge < -0.3 is 21.1 Å². The number of nitrogens with two attached hydrogens (primary N) is 2. The molecule has 1 saturated carbocycles. The Hall–Kier alpha value is -2.45. The lowest BCUT2D eigenvalue weighted by molar-refractivity contribution is -0.150. The van der Waals surface area contributed by atoms with Crippen LogP contribution in [0.15, 0.2) is 0 Å². The van der Waals surface area contributed by atoms with Crippen molar-refractivity contribution in [3.63, 3.8) is 0 Å². The molecule has 3 rings (SSSR count). The standard InChI is InChI=1S/C17H26N6O3/c1-9-4-3-5-12(10(9)2)23-7-11(6-14(23)24)15(25)26-8-13-20-16(18)22-17(19)21-13/h9-12H,3-8H2,1-2H3,(H4,18,19,20,21,22)/t9-,10-,11-,12+/m1/s1. The molecule has 1 aliphatic heterocycles. The van der Waals surface area contributed by atoms with Crippen molar-refractivity contribution in [3.05, 3.63) is 5.82 Å². The van der Waals surface area contributed by atoms with Crippen molar-refractivity contribution in [2.24, 2.45) is 17.8 Å². The summed E-state index contributed by atoms with van der Waals surface area (Å²) in [6.07, 6.45) is 3.51. The highest BCUT2D eigenvalue weighted by Crippen LogP contribution is 2.35. The Morgan fingerprint density at radius 2 is 1.88 bits per heavy atom. The molecule has 0 bridgehead atoms. The summed E-state index contributed by atoms with van der Waals surface area (Å²) in [6, 6.07) is 0.215. The van der Waals surface area contributed by atoms with Crippen LogP contribution in [0.1, 0.15) is 45.4 Å². The Balaban J connectivity index is 1.58. The molecular formula is C17H26N6O3. The highest BCUT2D eigenvalue weighted by molar-refractivity contribution is 5.87. The third kappa shape index (κ3) is 3.86. The highest BCUT2D eigenvalue weighted by Gasteiger charge is 2.42. The molecule has 2 fully saturated rings. The predicted molar refractivity (Wildman–Crippen MR) is 94.2 cm³/mol. The minimum absolute atomic E-state index is 0.0221. The summed E-state index contributed by atoms with van der Waals surface area (Å²) < 4.78 is 5.27. The van der Waals surface area contributed by atoms with Gasteiger partial charge in [0.05, 0.1) is 5.92 Å². The number of rotatable bonds is 4. The van der Waals surface area contributed by atoms with Gasteiger partial charge >= 0.3 is 5.97 Å². The molecule has 1 amide bonds. The van der Waals surface area contributed by atoms with E-state index < -0.39 is 11.9 Å². The fraction of sp³-hybridized carbons (Fsp3) is 0.706. The number of aromatic nitrogens is 3. The van der Waals surface area contributed by atoms with Gasteiger partial charge in [0, 0.05) is 19.0 Å². The smallest absolute Gasteiger partial charge is 0.311 e. The van der Waals surface area contributed by atoms with E-state index in [1.807, 2.05) is 4.90 Å². The topological polar surface area (TPSA) is 137 Å². The van der Waals surface area contributed by atoms with E-state index in [1.165, 1.54) is 6.42 Å². The molecule has 2 aliphatic rings. The Morgan fingerprint density at radius 3 is 2.58 bits per heavy atom. The maximum absolute atomic E-state index is 12.5. The van der Waals surface area contributed by atoms with Crippen LogP contribution in [0, 0.1) is 17.8 Å². The van der Waals surface area contributed by atoms with Crippen LogP contribution >= 0.6 is 0 Å². The SMILES string of the molecule is C[C@@H]1[C@H](C)CCC[C@@H]1N1C[C@H](C(=O)OCc2nc(N)nc(N)n2)CC1=O. The van der Waals surface area contributed by atoms with Crippen LogP contribution in [0.3, 0.4) is 0 Å². The predicted octanol–water partition coefficient (Wildman–Crippen LogP) is 0.752. The molecule has 26 heavy (non-hydrogen) atoms. The molecular weight excluding hydrogens is 336 g/mol. The van der Waals surface area contributed by atoms with Gasteiger partial charge in [0.25, 0.3) is 0 Å². The van der Waals surface area contributed by atoms with Gasteiger partial charge in [-0.15, -0.1) is 0 Å². The maximum Gasteiger partial charge on any atom is 0.311 e. The van der Waals surface area contributed by atoms with Gasteiger partial charge in [-0.3, -0.25) is 9.59 Å². The van der Waals surface area contributed by atoms with E-state index in [2.05, 4.69) is 28.8 Å². The molecule has 142 valence electrons. The Labute approximate surface area is 152 Å². The molecule has 0 spiro atoms. The molecule has 9 nitrogen and oxygen atoms in total. The highest BCUT2D eigenvalue weighted by atomic mass is 16.5. The summed E-state index contributed by atoms with van der Waals surface area (Å²) in [7, 11) is 0. The molecule has 1 saturated heterocycles. The molecule has 2 heterocycles. The molecule has 1 aromatic rings. The van der Waals surface area contributed by atoms with E-state index in [0.29, 0.717) is 18.4 Å². The second-order valence-electron chi connectivity index (χ2n) is 7.36. The molecule has 4 N–H and O–H groups in total. The van der Waals surface area contributed by atoms with Gasteiger partial charge in [-0.05, 0) is 18.3 Å². The molecule has 1 aliphatic carbocycles. The summed E-state index contributed by atoms with van der Waals surface area (Å²) in [6.45, 7) is 4.70. The molecule has 1 aromatic heterocycles. The average Bonchev–Trinajstić information content (AvgIpc) is 2.96. The normalized spacial score (nSPS) is 29.0. The average molecular weight is 362 g/mol. The van der Waals surface area contributed by atoms with E-state index in [-0.39, 0.29) is 42.7 Å². The summed E-state index contributed by atoms with van der Waals surface area (Å²) >= 11 is 0. The summed E-state index contributed by atoms with van der Waals surface area (Å²) in [5.74, 6) is 0.340. The number of amides is 1. The van der Waals surface area contributed by atoms with E-state index in [4.69, 9.17) is 16.2 Å². The number of esters is 1. The van der Waals surface area contributed by atoms with Crippen LogP contribution in [-0.2, 0) is 20.9 Å². The van der Waals surface area contributed by atoms with Crippen LogP contribution in [0.2, 0.25) is 0 Å². The van der Waals surface area contributed by atoms with Gasteiger partial charge in [-0.2, -0.15) is 15.0 Å². The number of nitrogen functional groups attached to an aromatic ring is 2. The monoisotopic (exact) mass is 362 g/mol. The number of ether oxygens (including phenoxy) is 1.